The summed E-state index contributed by atoms with van der Waals surface area (Å²) >= 11 is 0. The number of carbonyl (C=O) groups excluding carboxylic acids is 1. The van der Waals surface area contributed by atoms with Gasteiger partial charge in [-0.25, -0.2) is 0 Å². The number of carboxylic acids is 1. The topological polar surface area (TPSA) is 83.6 Å². The maximum Gasteiger partial charge on any atom is 0.308 e. The molecule has 5 nitrogen and oxygen atoms in total. The van der Waals surface area contributed by atoms with E-state index in [4.69, 9.17) is 10.8 Å². The zero-order valence-corrected chi connectivity index (χ0v) is 7.56. The first-order chi connectivity index (χ1) is 6.00. The van der Waals surface area contributed by atoms with Gasteiger partial charge in [0, 0.05) is 13.1 Å². The number of rotatable bonds is 3. The van der Waals surface area contributed by atoms with Crippen molar-refractivity contribution in [2.24, 2.45) is 17.6 Å². The Bertz CT molecular complexity index is 229. The van der Waals surface area contributed by atoms with Crippen molar-refractivity contribution in [1.29, 1.82) is 0 Å². The summed E-state index contributed by atoms with van der Waals surface area (Å²) in [6.07, 6.45) is 0. The summed E-state index contributed by atoms with van der Waals surface area (Å²) in [6.45, 7) is 3.10. The van der Waals surface area contributed by atoms with Gasteiger partial charge < -0.3 is 10.8 Å². The van der Waals surface area contributed by atoms with Crippen LogP contribution in [0.25, 0.3) is 0 Å². The van der Waals surface area contributed by atoms with Crippen molar-refractivity contribution in [3.8, 4) is 0 Å². The van der Waals surface area contributed by atoms with E-state index in [1.165, 1.54) is 0 Å². The van der Waals surface area contributed by atoms with Crippen LogP contribution in [0.3, 0.4) is 0 Å². The molecule has 0 aromatic heterocycles. The number of hydrogen-bond donors (Lipinski definition) is 2. The highest BCUT2D eigenvalue weighted by Crippen LogP contribution is 2.22. The standard InChI is InChI=1S/C8H14N2O3/c1-5-2-10(4-7(9)11)3-6(5)8(12)13/h5-6H,2-4H2,1H3,(H2,9,11)(H,12,13)/t5-,6-/m1/s1. The minimum absolute atomic E-state index is 0.0943. The van der Waals surface area contributed by atoms with Gasteiger partial charge in [0.1, 0.15) is 0 Å². The van der Waals surface area contributed by atoms with Gasteiger partial charge in [-0.15, -0.1) is 0 Å². The fourth-order valence-corrected chi connectivity index (χ4v) is 1.74. The Morgan fingerprint density at radius 1 is 1.54 bits per heavy atom. The normalized spacial score (nSPS) is 29.0. The molecule has 2 atom stereocenters. The Hall–Kier alpha value is -1.10. The van der Waals surface area contributed by atoms with Crippen LogP contribution in [0.5, 0.6) is 0 Å². The number of carboxylic acid groups (broad SMARTS) is 1. The molecule has 1 aliphatic rings. The van der Waals surface area contributed by atoms with E-state index >= 15 is 0 Å². The van der Waals surface area contributed by atoms with Crippen molar-refractivity contribution in [3.05, 3.63) is 0 Å². The van der Waals surface area contributed by atoms with E-state index in [1.807, 2.05) is 6.92 Å². The molecule has 0 saturated carbocycles. The molecule has 3 N–H and O–H groups in total. The van der Waals surface area contributed by atoms with Crippen LogP contribution >= 0.6 is 0 Å². The fourth-order valence-electron chi connectivity index (χ4n) is 1.74. The van der Waals surface area contributed by atoms with E-state index in [0.717, 1.165) is 0 Å². The van der Waals surface area contributed by atoms with Crippen molar-refractivity contribution >= 4 is 11.9 Å². The lowest BCUT2D eigenvalue weighted by molar-refractivity contribution is -0.142. The van der Waals surface area contributed by atoms with Crippen LogP contribution in [0.1, 0.15) is 6.92 Å². The number of nitrogens with zero attached hydrogens (tertiary/aromatic N) is 1. The van der Waals surface area contributed by atoms with Gasteiger partial charge in [-0.3, -0.25) is 14.5 Å². The smallest absolute Gasteiger partial charge is 0.308 e. The molecule has 1 amide bonds. The molecule has 1 aliphatic heterocycles. The molecule has 5 heteroatoms. The van der Waals surface area contributed by atoms with Gasteiger partial charge >= 0.3 is 5.97 Å². The molecule has 0 aliphatic carbocycles. The predicted molar refractivity (Wildman–Crippen MR) is 45.9 cm³/mol. The molecule has 0 bridgehead atoms. The summed E-state index contributed by atoms with van der Waals surface area (Å²) in [6, 6.07) is 0. The van der Waals surface area contributed by atoms with Crippen molar-refractivity contribution in [2.75, 3.05) is 19.6 Å². The first-order valence-electron chi connectivity index (χ1n) is 4.24. The third-order valence-corrected chi connectivity index (χ3v) is 2.38. The van der Waals surface area contributed by atoms with Crippen molar-refractivity contribution in [2.45, 2.75) is 6.92 Å². The van der Waals surface area contributed by atoms with E-state index in [2.05, 4.69) is 0 Å². The monoisotopic (exact) mass is 186 g/mol. The maximum atomic E-state index is 10.7. The minimum atomic E-state index is -0.792. The quantitative estimate of drug-likeness (QED) is 0.599. The van der Waals surface area contributed by atoms with Crippen molar-refractivity contribution in [3.63, 3.8) is 0 Å². The average Bonchev–Trinajstić information content (AvgIpc) is 2.29. The molecular weight excluding hydrogens is 172 g/mol. The average molecular weight is 186 g/mol. The lowest BCUT2D eigenvalue weighted by Crippen LogP contribution is -2.32. The van der Waals surface area contributed by atoms with Crippen LogP contribution in [0.4, 0.5) is 0 Å². The number of nitrogens with two attached hydrogens (primary N) is 1. The molecule has 1 rings (SSSR count). The lowest BCUT2D eigenvalue weighted by Gasteiger charge is -2.11. The number of likely N-dealkylation sites (tertiary alicyclic amines) is 1. The van der Waals surface area contributed by atoms with Crippen molar-refractivity contribution < 1.29 is 14.7 Å². The summed E-state index contributed by atoms with van der Waals surface area (Å²) in [5, 5.41) is 8.79. The highest BCUT2D eigenvalue weighted by Gasteiger charge is 2.34. The maximum absolute atomic E-state index is 10.7. The van der Waals surface area contributed by atoms with Gasteiger partial charge in [-0.05, 0) is 5.92 Å². The number of primary amides is 1. The molecule has 13 heavy (non-hydrogen) atoms. The summed E-state index contributed by atoms with van der Waals surface area (Å²) in [4.78, 5) is 23.1. The number of hydrogen-bond acceptors (Lipinski definition) is 3. The van der Waals surface area contributed by atoms with Gasteiger partial charge in [0.05, 0.1) is 12.5 Å². The van der Waals surface area contributed by atoms with Crippen LogP contribution in [0.2, 0.25) is 0 Å². The third kappa shape index (κ3) is 2.42. The Morgan fingerprint density at radius 2 is 2.15 bits per heavy atom. The molecule has 0 aromatic carbocycles. The van der Waals surface area contributed by atoms with Crippen LogP contribution in [0.15, 0.2) is 0 Å². The second-order valence-corrected chi connectivity index (χ2v) is 3.58. The highest BCUT2D eigenvalue weighted by molar-refractivity contribution is 5.76. The third-order valence-electron chi connectivity index (χ3n) is 2.38. The highest BCUT2D eigenvalue weighted by atomic mass is 16.4. The van der Waals surface area contributed by atoms with Crippen molar-refractivity contribution in [1.82, 2.24) is 4.90 Å². The molecule has 0 unspecified atom stereocenters. The zero-order chi connectivity index (χ0) is 10.0. The first-order valence-corrected chi connectivity index (χ1v) is 4.24. The molecule has 0 aromatic rings. The second-order valence-electron chi connectivity index (χ2n) is 3.58. The molecule has 74 valence electrons. The van der Waals surface area contributed by atoms with E-state index in [-0.39, 0.29) is 18.4 Å². The molecule has 0 spiro atoms. The molecule has 1 heterocycles. The largest absolute Gasteiger partial charge is 0.481 e. The summed E-state index contributed by atoms with van der Waals surface area (Å²) in [5.41, 5.74) is 5.01. The second kappa shape index (κ2) is 3.74. The zero-order valence-electron chi connectivity index (χ0n) is 7.56. The Kier molecular flexibility index (Phi) is 2.87. The summed E-state index contributed by atoms with van der Waals surface area (Å²) in [7, 11) is 0. The van der Waals surface area contributed by atoms with Crippen LogP contribution in [-0.2, 0) is 9.59 Å². The van der Waals surface area contributed by atoms with E-state index in [1.54, 1.807) is 4.90 Å². The van der Waals surface area contributed by atoms with E-state index in [0.29, 0.717) is 13.1 Å². The summed E-state index contributed by atoms with van der Waals surface area (Å²) in [5.74, 6) is -1.46. The predicted octanol–water partition coefficient (Wildman–Crippen LogP) is -0.876. The van der Waals surface area contributed by atoms with Gasteiger partial charge in [0.15, 0.2) is 0 Å². The SMILES string of the molecule is C[C@@H]1CN(CC(N)=O)C[C@H]1C(=O)O. The Labute approximate surface area is 76.5 Å². The number of aliphatic carboxylic acids is 1. The van der Waals surface area contributed by atoms with Gasteiger partial charge in [-0.2, -0.15) is 0 Å². The molecule has 1 saturated heterocycles. The van der Waals surface area contributed by atoms with Crippen LogP contribution in [-0.4, -0.2) is 41.5 Å². The van der Waals surface area contributed by atoms with Crippen LogP contribution in [0, 0.1) is 11.8 Å². The minimum Gasteiger partial charge on any atom is -0.481 e. The van der Waals surface area contributed by atoms with Crippen LogP contribution < -0.4 is 5.73 Å². The molecule has 1 fully saturated rings. The van der Waals surface area contributed by atoms with E-state index < -0.39 is 11.9 Å². The Morgan fingerprint density at radius 3 is 2.54 bits per heavy atom. The lowest BCUT2D eigenvalue weighted by atomic mass is 9.99. The first kappa shape index (κ1) is 9.98. The van der Waals surface area contributed by atoms with E-state index in [9.17, 15) is 9.59 Å². The molecule has 0 radical (unpaired) electrons. The van der Waals surface area contributed by atoms with Gasteiger partial charge in [0.25, 0.3) is 0 Å². The number of carbonyl (C=O) groups is 2. The van der Waals surface area contributed by atoms with Gasteiger partial charge in [-0.1, -0.05) is 6.92 Å². The summed E-state index contributed by atoms with van der Waals surface area (Å²) < 4.78 is 0. The Balaban J connectivity index is 2.50. The molecular formula is C8H14N2O3. The van der Waals surface area contributed by atoms with Gasteiger partial charge in [0.2, 0.25) is 5.91 Å². The fraction of sp³-hybridized carbons (Fsp3) is 0.750. The number of amides is 1.